The van der Waals surface area contributed by atoms with Gasteiger partial charge in [0.1, 0.15) is 11.8 Å². The highest BCUT2D eigenvalue weighted by Crippen LogP contribution is 2.11. The molecular weight excluding hydrogens is 234 g/mol. The van der Waals surface area contributed by atoms with E-state index in [0.717, 1.165) is 11.6 Å². The van der Waals surface area contributed by atoms with E-state index >= 15 is 0 Å². The Bertz CT molecular complexity index is 439. The van der Waals surface area contributed by atoms with Gasteiger partial charge in [0.25, 0.3) is 0 Å². The summed E-state index contributed by atoms with van der Waals surface area (Å²) in [6, 6.07) is 5.83. The summed E-state index contributed by atoms with van der Waals surface area (Å²) in [6.07, 6.45) is 1.30. The highest BCUT2D eigenvalue weighted by Gasteiger charge is 2.20. The molecule has 1 atom stereocenters. The first-order valence-electron chi connectivity index (χ1n) is 5.40. The molecule has 0 aliphatic carbocycles. The highest BCUT2D eigenvalue weighted by molar-refractivity contribution is 5.93. The van der Waals surface area contributed by atoms with Gasteiger partial charge in [0, 0.05) is 6.08 Å². The van der Waals surface area contributed by atoms with Crippen LogP contribution in [0, 0.1) is 0 Å². The van der Waals surface area contributed by atoms with Crippen molar-refractivity contribution in [3.8, 4) is 5.75 Å². The zero-order valence-corrected chi connectivity index (χ0v) is 10.1. The van der Waals surface area contributed by atoms with Crippen LogP contribution < -0.4 is 5.32 Å². The first-order valence-corrected chi connectivity index (χ1v) is 5.40. The van der Waals surface area contributed by atoms with Gasteiger partial charge in [-0.15, -0.1) is 0 Å². The number of likely N-dealkylation sites (N-methyl/N-ethyl adjacent to an activating group) is 1. The highest BCUT2D eigenvalue weighted by atomic mass is 16.6. The Morgan fingerprint density at radius 3 is 2.56 bits per heavy atom. The lowest BCUT2D eigenvalue weighted by Crippen LogP contribution is -2.38. The molecule has 0 saturated heterocycles. The molecule has 0 saturated carbocycles. The normalized spacial score (nSPS) is 11.6. The zero-order valence-electron chi connectivity index (χ0n) is 10.1. The van der Waals surface area contributed by atoms with Gasteiger partial charge in [-0.2, -0.15) is 0 Å². The molecule has 0 bridgehead atoms. The summed E-state index contributed by atoms with van der Waals surface area (Å²) in [7, 11) is 1.60. The Kier molecular flexibility index (Phi) is 5.07. The van der Waals surface area contributed by atoms with Gasteiger partial charge in [-0.05, 0) is 31.2 Å². The van der Waals surface area contributed by atoms with E-state index in [0.29, 0.717) is 6.42 Å². The van der Waals surface area contributed by atoms with Crippen molar-refractivity contribution >= 4 is 11.9 Å². The van der Waals surface area contributed by atoms with Crippen molar-refractivity contribution in [1.29, 1.82) is 0 Å². The minimum absolute atomic E-state index is 0.157. The van der Waals surface area contributed by atoms with Crippen LogP contribution in [0.1, 0.15) is 5.56 Å². The van der Waals surface area contributed by atoms with Crippen LogP contribution in [0.4, 0.5) is 0 Å². The molecule has 0 aromatic heterocycles. The summed E-state index contributed by atoms with van der Waals surface area (Å²) in [5.74, 6) is -1.27. The van der Waals surface area contributed by atoms with Gasteiger partial charge < -0.3 is 15.2 Å². The number of phenols is 1. The van der Waals surface area contributed by atoms with Crippen molar-refractivity contribution in [1.82, 2.24) is 5.32 Å². The molecule has 0 spiro atoms. The standard InChI is InChI=1S/C13H15NO4/c1-3-12(16)18-13(17)11(14-2)8-9-4-6-10(15)7-5-9/h3-7,11,14-15H,1,8H2,2H3/t11-/m0/s1. The average molecular weight is 249 g/mol. The summed E-state index contributed by atoms with van der Waals surface area (Å²) in [4.78, 5) is 22.5. The molecule has 0 heterocycles. The van der Waals surface area contributed by atoms with E-state index in [1.54, 1.807) is 19.2 Å². The quantitative estimate of drug-likeness (QED) is 0.458. The zero-order chi connectivity index (χ0) is 13.5. The lowest BCUT2D eigenvalue weighted by Gasteiger charge is -2.13. The lowest BCUT2D eigenvalue weighted by atomic mass is 10.1. The predicted molar refractivity (Wildman–Crippen MR) is 66.0 cm³/mol. The first-order chi connectivity index (χ1) is 8.56. The van der Waals surface area contributed by atoms with Crippen molar-refractivity contribution in [3.05, 3.63) is 42.5 Å². The van der Waals surface area contributed by atoms with Gasteiger partial charge in [-0.25, -0.2) is 9.59 Å². The molecule has 2 N–H and O–H groups in total. The topological polar surface area (TPSA) is 75.6 Å². The van der Waals surface area contributed by atoms with E-state index in [-0.39, 0.29) is 5.75 Å². The van der Waals surface area contributed by atoms with Gasteiger partial charge in [0.2, 0.25) is 0 Å². The Labute approximate surface area is 105 Å². The molecule has 1 aromatic carbocycles. The SMILES string of the molecule is C=CC(=O)OC(=O)[C@H](Cc1ccc(O)cc1)NC. The number of benzene rings is 1. The van der Waals surface area contributed by atoms with E-state index in [4.69, 9.17) is 5.11 Å². The van der Waals surface area contributed by atoms with Crippen molar-refractivity contribution in [3.63, 3.8) is 0 Å². The number of hydrogen-bond acceptors (Lipinski definition) is 5. The van der Waals surface area contributed by atoms with Crippen LogP contribution >= 0.6 is 0 Å². The number of aromatic hydroxyl groups is 1. The molecule has 0 unspecified atom stereocenters. The van der Waals surface area contributed by atoms with Crippen LogP contribution in [0.25, 0.3) is 0 Å². The fourth-order valence-electron chi connectivity index (χ4n) is 1.38. The van der Waals surface area contributed by atoms with Crippen LogP contribution in [0.5, 0.6) is 5.75 Å². The Morgan fingerprint density at radius 1 is 1.44 bits per heavy atom. The Balaban J connectivity index is 2.66. The molecular formula is C13H15NO4. The molecule has 0 amide bonds. The van der Waals surface area contributed by atoms with E-state index in [1.165, 1.54) is 12.1 Å². The van der Waals surface area contributed by atoms with Crippen molar-refractivity contribution in [2.24, 2.45) is 0 Å². The van der Waals surface area contributed by atoms with Gasteiger partial charge in [-0.1, -0.05) is 18.7 Å². The maximum absolute atomic E-state index is 11.6. The number of phenolic OH excluding ortho intramolecular Hbond substituents is 1. The summed E-state index contributed by atoms with van der Waals surface area (Å²) < 4.78 is 4.54. The van der Waals surface area contributed by atoms with Crippen LogP contribution in [0.15, 0.2) is 36.9 Å². The Morgan fingerprint density at radius 2 is 2.06 bits per heavy atom. The van der Waals surface area contributed by atoms with Crippen LogP contribution in [0.2, 0.25) is 0 Å². The van der Waals surface area contributed by atoms with Crippen LogP contribution in [-0.4, -0.2) is 30.1 Å². The molecule has 18 heavy (non-hydrogen) atoms. The van der Waals surface area contributed by atoms with Crippen molar-refractivity contribution < 1.29 is 19.4 Å². The lowest BCUT2D eigenvalue weighted by molar-refractivity contribution is -0.157. The number of carbonyl (C=O) groups is 2. The predicted octanol–water partition coefficient (Wildman–Crippen LogP) is 0.778. The molecule has 0 fully saturated rings. The van der Waals surface area contributed by atoms with Gasteiger partial charge >= 0.3 is 11.9 Å². The van der Waals surface area contributed by atoms with E-state index < -0.39 is 18.0 Å². The van der Waals surface area contributed by atoms with Gasteiger partial charge in [0.05, 0.1) is 0 Å². The third-order valence-corrected chi connectivity index (χ3v) is 2.38. The average Bonchev–Trinajstić information content (AvgIpc) is 2.37. The summed E-state index contributed by atoms with van der Waals surface area (Å²) in [6.45, 7) is 3.22. The minimum Gasteiger partial charge on any atom is -0.508 e. The fraction of sp³-hybridized carbons (Fsp3) is 0.231. The smallest absolute Gasteiger partial charge is 0.337 e. The van der Waals surface area contributed by atoms with E-state index in [1.807, 2.05) is 0 Å². The number of carbonyl (C=O) groups excluding carboxylic acids is 2. The second kappa shape index (κ2) is 6.56. The van der Waals surface area contributed by atoms with Crippen molar-refractivity contribution in [2.45, 2.75) is 12.5 Å². The largest absolute Gasteiger partial charge is 0.508 e. The maximum Gasteiger partial charge on any atom is 0.337 e. The molecule has 5 heteroatoms. The second-order valence-corrected chi connectivity index (χ2v) is 3.66. The molecule has 0 aliphatic rings. The number of esters is 2. The second-order valence-electron chi connectivity index (χ2n) is 3.66. The molecule has 1 rings (SSSR count). The first kappa shape index (κ1) is 13.9. The maximum atomic E-state index is 11.6. The number of nitrogens with one attached hydrogen (secondary N) is 1. The van der Waals surface area contributed by atoms with E-state index in [2.05, 4.69) is 16.6 Å². The number of hydrogen-bond donors (Lipinski definition) is 2. The summed E-state index contributed by atoms with van der Waals surface area (Å²) >= 11 is 0. The monoisotopic (exact) mass is 249 g/mol. The van der Waals surface area contributed by atoms with Gasteiger partial charge in [-0.3, -0.25) is 0 Å². The van der Waals surface area contributed by atoms with Crippen molar-refractivity contribution in [2.75, 3.05) is 7.05 Å². The molecule has 0 radical (unpaired) electrons. The molecule has 0 aliphatic heterocycles. The molecule has 96 valence electrons. The summed E-state index contributed by atoms with van der Waals surface area (Å²) in [5.41, 5.74) is 0.843. The minimum atomic E-state index is -0.772. The Hall–Kier alpha value is -2.14. The van der Waals surface area contributed by atoms with E-state index in [9.17, 15) is 9.59 Å². The van der Waals surface area contributed by atoms with Crippen LogP contribution in [0.3, 0.4) is 0 Å². The fourth-order valence-corrected chi connectivity index (χ4v) is 1.38. The third-order valence-electron chi connectivity index (χ3n) is 2.38. The third kappa shape index (κ3) is 4.03. The molecule has 5 nitrogen and oxygen atoms in total. The number of rotatable bonds is 5. The molecule has 1 aromatic rings. The van der Waals surface area contributed by atoms with Crippen LogP contribution in [-0.2, 0) is 20.7 Å². The number of ether oxygens (including phenoxy) is 1. The summed E-state index contributed by atoms with van der Waals surface area (Å²) in [5, 5.41) is 11.9. The van der Waals surface area contributed by atoms with Gasteiger partial charge in [0.15, 0.2) is 0 Å².